The Labute approximate surface area is 93.0 Å². The molecule has 4 N–H and O–H groups in total. The molecule has 4 nitrogen and oxygen atoms in total. The van der Waals surface area contributed by atoms with E-state index in [2.05, 4.69) is 17.2 Å². The van der Waals surface area contributed by atoms with Crippen molar-refractivity contribution in [1.29, 1.82) is 0 Å². The molecule has 0 radical (unpaired) electrons. The fraction of sp³-hybridized carbons (Fsp3) is 0.909. The van der Waals surface area contributed by atoms with Crippen molar-refractivity contribution >= 4 is 5.96 Å². The van der Waals surface area contributed by atoms with E-state index >= 15 is 0 Å². The Hall–Kier alpha value is -0.770. The Kier molecular flexibility index (Phi) is 9.27. The zero-order valence-corrected chi connectivity index (χ0v) is 10.00. The molecule has 0 aliphatic heterocycles. The standard InChI is InChI=1S/C11H25N3O/c1-3-4-5-6-7-13-11(12)14-8-10(2)9-15/h10,15H,3-9H2,1-2H3,(H3,12,13,14). The van der Waals surface area contributed by atoms with Crippen molar-refractivity contribution < 1.29 is 5.11 Å². The molecule has 0 aromatic carbocycles. The maximum atomic E-state index is 8.79. The Balaban J connectivity index is 3.42. The zero-order chi connectivity index (χ0) is 11.5. The molecule has 15 heavy (non-hydrogen) atoms. The highest BCUT2D eigenvalue weighted by Crippen LogP contribution is 1.97. The summed E-state index contributed by atoms with van der Waals surface area (Å²) in [7, 11) is 0. The third-order valence-electron chi connectivity index (χ3n) is 2.22. The number of nitrogens with one attached hydrogen (secondary N) is 1. The molecule has 4 heteroatoms. The van der Waals surface area contributed by atoms with Crippen molar-refractivity contribution in [3.63, 3.8) is 0 Å². The number of aliphatic imine (C=N–C) groups is 1. The first kappa shape index (κ1) is 14.2. The molecule has 90 valence electrons. The number of nitrogens with two attached hydrogens (primary N) is 1. The summed E-state index contributed by atoms with van der Waals surface area (Å²) in [6.45, 7) is 5.78. The quantitative estimate of drug-likeness (QED) is 0.322. The molecule has 0 aromatic heterocycles. The van der Waals surface area contributed by atoms with E-state index in [9.17, 15) is 0 Å². The normalized spacial score (nSPS) is 13.9. The molecule has 0 fully saturated rings. The van der Waals surface area contributed by atoms with Gasteiger partial charge in [0.25, 0.3) is 0 Å². The van der Waals surface area contributed by atoms with Crippen LogP contribution in [0.2, 0.25) is 0 Å². The number of nitrogens with zero attached hydrogens (tertiary/aromatic N) is 1. The van der Waals surface area contributed by atoms with Gasteiger partial charge in [-0.2, -0.15) is 0 Å². The van der Waals surface area contributed by atoms with Gasteiger partial charge in [0, 0.05) is 19.7 Å². The van der Waals surface area contributed by atoms with Crippen LogP contribution in [0.1, 0.15) is 39.5 Å². The van der Waals surface area contributed by atoms with Crippen LogP contribution in [0.4, 0.5) is 0 Å². The molecule has 0 aliphatic rings. The predicted molar refractivity (Wildman–Crippen MR) is 64.9 cm³/mol. The molecule has 0 aromatic rings. The first-order valence-corrected chi connectivity index (χ1v) is 5.85. The van der Waals surface area contributed by atoms with Gasteiger partial charge < -0.3 is 16.2 Å². The molecule has 0 aliphatic carbocycles. The molecular formula is C11H25N3O. The molecule has 0 spiro atoms. The zero-order valence-electron chi connectivity index (χ0n) is 10.00. The van der Waals surface area contributed by atoms with Crippen LogP contribution in [0.25, 0.3) is 0 Å². The summed E-state index contributed by atoms with van der Waals surface area (Å²) in [5.74, 6) is 0.678. The van der Waals surface area contributed by atoms with Gasteiger partial charge in [0.15, 0.2) is 5.96 Å². The summed E-state index contributed by atoms with van der Waals surface area (Å²) in [4.78, 5) is 4.14. The summed E-state index contributed by atoms with van der Waals surface area (Å²) in [5, 5.41) is 11.9. The first-order valence-electron chi connectivity index (χ1n) is 5.85. The van der Waals surface area contributed by atoms with Crippen LogP contribution in [0, 0.1) is 5.92 Å². The van der Waals surface area contributed by atoms with E-state index in [1.807, 2.05) is 6.92 Å². The Bertz CT molecular complexity index is 171. The number of guanidine groups is 1. The average molecular weight is 215 g/mol. The highest BCUT2D eigenvalue weighted by molar-refractivity contribution is 5.77. The Morgan fingerprint density at radius 3 is 2.73 bits per heavy atom. The van der Waals surface area contributed by atoms with E-state index in [-0.39, 0.29) is 12.5 Å². The van der Waals surface area contributed by atoms with Crippen LogP contribution in [-0.4, -0.2) is 30.8 Å². The summed E-state index contributed by atoms with van der Waals surface area (Å²) >= 11 is 0. The fourth-order valence-electron chi connectivity index (χ4n) is 1.14. The first-order chi connectivity index (χ1) is 7.20. The lowest BCUT2D eigenvalue weighted by atomic mass is 10.2. The van der Waals surface area contributed by atoms with Gasteiger partial charge in [-0.1, -0.05) is 33.1 Å². The maximum Gasteiger partial charge on any atom is 0.188 e. The van der Waals surface area contributed by atoms with Gasteiger partial charge in [0.1, 0.15) is 0 Å². The molecular weight excluding hydrogens is 190 g/mol. The van der Waals surface area contributed by atoms with Crippen molar-refractivity contribution in [3.05, 3.63) is 0 Å². The molecule has 0 saturated carbocycles. The van der Waals surface area contributed by atoms with Crippen LogP contribution < -0.4 is 11.1 Å². The van der Waals surface area contributed by atoms with Crippen LogP contribution in [0.15, 0.2) is 4.99 Å². The summed E-state index contributed by atoms with van der Waals surface area (Å²) in [5.41, 5.74) is 5.65. The van der Waals surface area contributed by atoms with Crippen LogP contribution in [0.5, 0.6) is 0 Å². The molecule has 0 amide bonds. The second-order valence-electron chi connectivity index (χ2n) is 4.00. The van der Waals surface area contributed by atoms with Gasteiger partial charge in [-0.25, -0.2) is 0 Å². The highest BCUT2D eigenvalue weighted by atomic mass is 16.3. The second-order valence-corrected chi connectivity index (χ2v) is 4.00. The average Bonchev–Trinajstić information content (AvgIpc) is 2.25. The topological polar surface area (TPSA) is 70.6 Å². The van der Waals surface area contributed by atoms with Gasteiger partial charge >= 0.3 is 0 Å². The number of rotatable bonds is 8. The highest BCUT2D eigenvalue weighted by Gasteiger charge is 1.98. The van der Waals surface area contributed by atoms with Crippen molar-refractivity contribution in [2.45, 2.75) is 39.5 Å². The maximum absolute atomic E-state index is 8.79. The van der Waals surface area contributed by atoms with Gasteiger partial charge in [0.2, 0.25) is 0 Å². The SMILES string of the molecule is CCCCCCNC(N)=NCC(C)CO. The van der Waals surface area contributed by atoms with Crippen LogP contribution >= 0.6 is 0 Å². The lowest BCUT2D eigenvalue weighted by molar-refractivity contribution is 0.241. The minimum atomic E-state index is 0.160. The number of hydrogen-bond donors (Lipinski definition) is 3. The summed E-state index contributed by atoms with van der Waals surface area (Å²) < 4.78 is 0. The Morgan fingerprint density at radius 2 is 2.13 bits per heavy atom. The monoisotopic (exact) mass is 215 g/mol. The van der Waals surface area contributed by atoms with E-state index in [1.165, 1.54) is 19.3 Å². The van der Waals surface area contributed by atoms with Crippen molar-refractivity contribution in [3.8, 4) is 0 Å². The molecule has 0 bridgehead atoms. The van der Waals surface area contributed by atoms with Gasteiger partial charge in [-0.15, -0.1) is 0 Å². The third-order valence-corrected chi connectivity index (χ3v) is 2.22. The van der Waals surface area contributed by atoms with Gasteiger partial charge in [0.05, 0.1) is 0 Å². The van der Waals surface area contributed by atoms with Crippen molar-refractivity contribution in [2.75, 3.05) is 19.7 Å². The number of aliphatic hydroxyl groups excluding tert-OH is 1. The van der Waals surface area contributed by atoms with E-state index < -0.39 is 0 Å². The van der Waals surface area contributed by atoms with E-state index in [0.29, 0.717) is 12.5 Å². The molecule has 0 saturated heterocycles. The smallest absolute Gasteiger partial charge is 0.188 e. The molecule has 0 rings (SSSR count). The second kappa shape index (κ2) is 9.77. The van der Waals surface area contributed by atoms with Crippen LogP contribution in [-0.2, 0) is 0 Å². The lowest BCUT2D eigenvalue weighted by Crippen LogP contribution is -2.33. The van der Waals surface area contributed by atoms with E-state index in [4.69, 9.17) is 10.8 Å². The third kappa shape index (κ3) is 9.53. The van der Waals surface area contributed by atoms with Crippen LogP contribution in [0.3, 0.4) is 0 Å². The predicted octanol–water partition coefficient (Wildman–Crippen LogP) is 1.10. The van der Waals surface area contributed by atoms with Crippen molar-refractivity contribution in [1.82, 2.24) is 5.32 Å². The summed E-state index contributed by atoms with van der Waals surface area (Å²) in [6.07, 6.45) is 4.90. The molecule has 1 atom stereocenters. The lowest BCUT2D eigenvalue weighted by Gasteiger charge is -2.07. The minimum absolute atomic E-state index is 0.160. The minimum Gasteiger partial charge on any atom is -0.396 e. The van der Waals surface area contributed by atoms with Crippen molar-refractivity contribution in [2.24, 2.45) is 16.6 Å². The largest absolute Gasteiger partial charge is 0.396 e. The Morgan fingerprint density at radius 1 is 1.40 bits per heavy atom. The molecule has 1 unspecified atom stereocenters. The number of aliphatic hydroxyl groups is 1. The van der Waals surface area contributed by atoms with Gasteiger partial charge in [-0.05, 0) is 12.3 Å². The summed E-state index contributed by atoms with van der Waals surface area (Å²) in [6, 6.07) is 0. The van der Waals surface area contributed by atoms with E-state index in [0.717, 1.165) is 13.0 Å². The van der Waals surface area contributed by atoms with E-state index in [1.54, 1.807) is 0 Å². The van der Waals surface area contributed by atoms with Gasteiger partial charge in [-0.3, -0.25) is 4.99 Å². The fourth-order valence-corrected chi connectivity index (χ4v) is 1.14. The number of unbranched alkanes of at least 4 members (excludes halogenated alkanes) is 3. The molecule has 0 heterocycles. The number of hydrogen-bond acceptors (Lipinski definition) is 2.